The summed E-state index contributed by atoms with van der Waals surface area (Å²) in [4.78, 5) is 0.332. The third-order valence-electron chi connectivity index (χ3n) is 3.18. The molecule has 1 rings (SSSR count). The van der Waals surface area contributed by atoms with E-state index in [1.54, 1.807) is 0 Å². The van der Waals surface area contributed by atoms with E-state index in [4.69, 9.17) is 22.7 Å². The van der Waals surface area contributed by atoms with Gasteiger partial charge in [0.2, 0.25) is 5.88 Å². The van der Waals surface area contributed by atoms with Crippen LogP contribution in [0, 0.1) is 5.92 Å². The third kappa shape index (κ3) is 4.13. The van der Waals surface area contributed by atoms with Crippen molar-refractivity contribution in [3.05, 3.63) is 16.8 Å². The van der Waals surface area contributed by atoms with Gasteiger partial charge in [-0.15, -0.1) is 5.10 Å². The van der Waals surface area contributed by atoms with Crippen molar-refractivity contribution in [2.24, 2.45) is 11.7 Å². The predicted octanol–water partition coefficient (Wildman–Crippen LogP) is 3.05. The fourth-order valence-corrected chi connectivity index (χ4v) is 2.60. The van der Waals surface area contributed by atoms with E-state index in [-0.39, 0.29) is 6.10 Å². The molecule has 1 aromatic heterocycles. The Bertz CT molecular complexity index is 474. The van der Waals surface area contributed by atoms with E-state index in [2.05, 4.69) is 37.9 Å². The molecule has 20 heavy (non-hydrogen) atoms. The standard InChI is InChI=1S/C15H25N3OS/c1-6-11-12(7-2)17-18-15(13(11)14(16)20)19-10(5)8-9(3)4/h9-10H,6-8H2,1-5H3,(H2,16,20). The van der Waals surface area contributed by atoms with Gasteiger partial charge in [-0.25, -0.2) is 0 Å². The average Bonchev–Trinajstić information content (AvgIpc) is 2.36. The number of hydrogen-bond donors (Lipinski definition) is 1. The molecular formula is C15H25N3OS. The van der Waals surface area contributed by atoms with E-state index in [1.165, 1.54) is 0 Å². The van der Waals surface area contributed by atoms with Gasteiger partial charge in [0.1, 0.15) is 4.99 Å². The lowest BCUT2D eigenvalue weighted by molar-refractivity contribution is 0.183. The summed E-state index contributed by atoms with van der Waals surface area (Å²) < 4.78 is 5.92. The van der Waals surface area contributed by atoms with Crippen molar-refractivity contribution in [3.8, 4) is 5.88 Å². The summed E-state index contributed by atoms with van der Waals surface area (Å²) in [5.41, 5.74) is 8.63. The summed E-state index contributed by atoms with van der Waals surface area (Å²) in [5.74, 6) is 1.03. The lowest BCUT2D eigenvalue weighted by Crippen LogP contribution is -2.22. The van der Waals surface area contributed by atoms with Crippen LogP contribution in [-0.4, -0.2) is 21.3 Å². The molecular weight excluding hydrogens is 270 g/mol. The van der Waals surface area contributed by atoms with Crippen LogP contribution in [-0.2, 0) is 12.8 Å². The van der Waals surface area contributed by atoms with E-state index in [0.29, 0.717) is 16.8 Å². The molecule has 0 aliphatic heterocycles. The number of rotatable bonds is 7. The van der Waals surface area contributed by atoms with Crippen LogP contribution in [0.25, 0.3) is 0 Å². The molecule has 2 N–H and O–H groups in total. The Balaban J connectivity index is 3.16. The van der Waals surface area contributed by atoms with Crippen LogP contribution < -0.4 is 10.5 Å². The highest BCUT2D eigenvalue weighted by atomic mass is 32.1. The number of nitrogens with two attached hydrogens (primary N) is 1. The van der Waals surface area contributed by atoms with Crippen LogP contribution in [0.15, 0.2) is 0 Å². The van der Waals surface area contributed by atoms with Gasteiger partial charge < -0.3 is 10.5 Å². The summed E-state index contributed by atoms with van der Waals surface area (Å²) in [6.07, 6.45) is 2.65. The minimum Gasteiger partial charge on any atom is -0.473 e. The fraction of sp³-hybridized carbons (Fsp3) is 0.667. The van der Waals surface area contributed by atoms with Crippen LogP contribution in [0.2, 0.25) is 0 Å². The molecule has 0 aliphatic carbocycles. The van der Waals surface area contributed by atoms with Crippen LogP contribution in [0.3, 0.4) is 0 Å². The second-order valence-corrected chi connectivity index (χ2v) is 5.87. The van der Waals surface area contributed by atoms with Crippen molar-refractivity contribution in [2.75, 3.05) is 0 Å². The molecule has 0 saturated carbocycles. The zero-order valence-corrected chi connectivity index (χ0v) is 13.9. The Kier molecular flexibility index (Phi) is 6.33. The molecule has 0 amide bonds. The zero-order chi connectivity index (χ0) is 15.3. The Morgan fingerprint density at radius 1 is 1.20 bits per heavy atom. The van der Waals surface area contributed by atoms with Crippen LogP contribution in [0.1, 0.15) is 57.9 Å². The summed E-state index contributed by atoms with van der Waals surface area (Å²) in [6.45, 7) is 10.5. The highest BCUT2D eigenvalue weighted by Crippen LogP contribution is 2.24. The Morgan fingerprint density at radius 3 is 2.30 bits per heavy atom. The molecule has 1 aromatic rings. The van der Waals surface area contributed by atoms with Gasteiger partial charge in [-0.2, -0.15) is 5.10 Å². The molecule has 112 valence electrons. The van der Waals surface area contributed by atoms with Crippen molar-refractivity contribution in [3.63, 3.8) is 0 Å². The molecule has 0 bridgehead atoms. The maximum Gasteiger partial charge on any atom is 0.244 e. The SMILES string of the molecule is CCc1nnc(OC(C)CC(C)C)c(C(N)=S)c1CC. The van der Waals surface area contributed by atoms with Crippen molar-refractivity contribution in [1.29, 1.82) is 0 Å². The van der Waals surface area contributed by atoms with Gasteiger partial charge in [-0.3, -0.25) is 0 Å². The average molecular weight is 295 g/mol. The van der Waals surface area contributed by atoms with Crippen molar-refractivity contribution in [2.45, 2.75) is 60.0 Å². The molecule has 1 unspecified atom stereocenters. The van der Waals surface area contributed by atoms with E-state index in [0.717, 1.165) is 36.1 Å². The third-order valence-corrected chi connectivity index (χ3v) is 3.38. The Morgan fingerprint density at radius 2 is 1.85 bits per heavy atom. The van der Waals surface area contributed by atoms with Gasteiger partial charge in [0, 0.05) is 0 Å². The highest BCUT2D eigenvalue weighted by Gasteiger charge is 2.19. The van der Waals surface area contributed by atoms with E-state index < -0.39 is 0 Å². The van der Waals surface area contributed by atoms with Crippen molar-refractivity contribution >= 4 is 17.2 Å². The number of aryl methyl sites for hydroxylation is 1. The molecule has 5 heteroatoms. The van der Waals surface area contributed by atoms with Crippen molar-refractivity contribution < 1.29 is 4.74 Å². The van der Waals surface area contributed by atoms with Gasteiger partial charge >= 0.3 is 0 Å². The summed E-state index contributed by atoms with van der Waals surface area (Å²) in [6, 6.07) is 0. The normalized spacial score (nSPS) is 12.5. The molecule has 0 spiro atoms. The first-order valence-corrected chi connectivity index (χ1v) is 7.66. The first-order valence-electron chi connectivity index (χ1n) is 7.25. The van der Waals surface area contributed by atoms with E-state index in [1.807, 2.05) is 6.92 Å². The monoisotopic (exact) mass is 295 g/mol. The first-order chi connectivity index (χ1) is 9.40. The van der Waals surface area contributed by atoms with Crippen LogP contribution in [0.5, 0.6) is 5.88 Å². The summed E-state index contributed by atoms with van der Waals surface area (Å²) in [5, 5.41) is 8.44. The summed E-state index contributed by atoms with van der Waals surface area (Å²) in [7, 11) is 0. The quantitative estimate of drug-likeness (QED) is 0.783. The van der Waals surface area contributed by atoms with E-state index in [9.17, 15) is 0 Å². The van der Waals surface area contributed by atoms with Gasteiger partial charge in [-0.1, -0.05) is 39.9 Å². The largest absolute Gasteiger partial charge is 0.473 e. The molecule has 4 nitrogen and oxygen atoms in total. The number of nitrogens with zero attached hydrogens (tertiary/aromatic N) is 2. The second kappa shape index (κ2) is 7.53. The fourth-order valence-electron chi connectivity index (χ4n) is 2.39. The Labute approximate surface area is 127 Å². The Hall–Kier alpha value is -1.23. The smallest absolute Gasteiger partial charge is 0.244 e. The summed E-state index contributed by atoms with van der Waals surface area (Å²) >= 11 is 5.18. The van der Waals surface area contributed by atoms with Gasteiger partial charge in [-0.05, 0) is 37.7 Å². The maximum atomic E-state index is 5.92. The number of hydrogen-bond acceptors (Lipinski definition) is 4. The lowest BCUT2D eigenvalue weighted by atomic mass is 10.0. The molecule has 1 atom stereocenters. The topological polar surface area (TPSA) is 61.0 Å². The number of aromatic nitrogens is 2. The lowest BCUT2D eigenvalue weighted by Gasteiger charge is -2.19. The van der Waals surface area contributed by atoms with Gasteiger partial charge in [0.25, 0.3) is 0 Å². The molecule has 0 aromatic carbocycles. The van der Waals surface area contributed by atoms with E-state index >= 15 is 0 Å². The maximum absolute atomic E-state index is 5.92. The predicted molar refractivity (Wildman–Crippen MR) is 86.2 cm³/mol. The minimum absolute atomic E-state index is 0.0644. The molecule has 0 radical (unpaired) electrons. The van der Waals surface area contributed by atoms with Gasteiger partial charge in [0.05, 0.1) is 17.4 Å². The molecule has 0 saturated heterocycles. The van der Waals surface area contributed by atoms with Crippen molar-refractivity contribution in [1.82, 2.24) is 10.2 Å². The number of thiocarbonyl (C=S) groups is 1. The molecule has 1 heterocycles. The molecule has 0 aliphatic rings. The zero-order valence-electron chi connectivity index (χ0n) is 13.1. The number of ether oxygens (including phenoxy) is 1. The van der Waals surface area contributed by atoms with Crippen LogP contribution >= 0.6 is 12.2 Å². The second-order valence-electron chi connectivity index (χ2n) is 5.43. The van der Waals surface area contributed by atoms with Crippen LogP contribution in [0.4, 0.5) is 0 Å². The highest BCUT2D eigenvalue weighted by molar-refractivity contribution is 7.80. The van der Waals surface area contributed by atoms with Gasteiger partial charge in [0.15, 0.2) is 0 Å². The minimum atomic E-state index is 0.0644. The first kappa shape index (κ1) is 16.8. The molecule has 0 fully saturated rings.